The summed E-state index contributed by atoms with van der Waals surface area (Å²) < 4.78 is 21.5. The molecule has 1 aliphatic rings. The SMILES string of the molecule is COc1cc(NC(=O)N(CCCN2CCOCC2)Cc2ccc(C(=O)Nc3ccccc3NC(=O)OC(C)(C)C)cc2)cc(OC)c1. The first-order valence-electron chi connectivity index (χ1n) is 15.6. The van der Waals surface area contributed by atoms with Crippen molar-refractivity contribution in [3.05, 3.63) is 77.9 Å². The van der Waals surface area contributed by atoms with Gasteiger partial charge in [-0.2, -0.15) is 0 Å². The first kappa shape index (κ1) is 35.1. The van der Waals surface area contributed by atoms with Crippen LogP contribution in [0.25, 0.3) is 0 Å². The summed E-state index contributed by atoms with van der Waals surface area (Å²) in [5.74, 6) is 0.785. The molecule has 0 atom stereocenters. The summed E-state index contributed by atoms with van der Waals surface area (Å²) in [6.45, 7) is 10.2. The molecule has 4 rings (SSSR count). The van der Waals surface area contributed by atoms with E-state index in [-0.39, 0.29) is 11.9 Å². The number of anilines is 3. The van der Waals surface area contributed by atoms with Gasteiger partial charge in [-0.25, -0.2) is 9.59 Å². The molecule has 3 N–H and O–H groups in total. The second kappa shape index (κ2) is 16.7. The lowest BCUT2D eigenvalue weighted by atomic mass is 10.1. The zero-order valence-corrected chi connectivity index (χ0v) is 27.8. The number of carbonyl (C=O) groups excluding carboxylic acids is 3. The smallest absolute Gasteiger partial charge is 0.412 e. The molecule has 0 unspecified atom stereocenters. The number of methoxy groups -OCH3 is 2. The fraction of sp³-hybridized carbons (Fsp3) is 0.400. The summed E-state index contributed by atoms with van der Waals surface area (Å²) in [6, 6.07) is 18.9. The number of benzene rings is 3. The third kappa shape index (κ3) is 11.2. The molecule has 4 amide bonds. The molecule has 12 heteroatoms. The molecule has 1 heterocycles. The summed E-state index contributed by atoms with van der Waals surface area (Å²) in [7, 11) is 3.12. The first-order valence-corrected chi connectivity index (χ1v) is 15.6. The molecule has 1 saturated heterocycles. The van der Waals surface area contributed by atoms with Crippen LogP contribution in [-0.2, 0) is 16.0 Å². The van der Waals surface area contributed by atoms with Gasteiger partial charge in [0.2, 0.25) is 0 Å². The standard InChI is InChI=1S/C35H45N5O7/c1-35(2,3)47-34(43)38-31-10-7-6-9-30(31)37-32(41)26-13-11-25(12-14-26)24-40(16-8-15-39-17-19-46-20-18-39)33(42)36-27-21-28(44-4)23-29(22-27)45-5/h6-7,9-14,21-23H,8,15-20,24H2,1-5H3,(H,36,42)(H,37,41)(H,38,43). The second-order valence-corrected chi connectivity index (χ2v) is 12.1. The monoisotopic (exact) mass is 647 g/mol. The Labute approximate surface area is 276 Å². The van der Waals surface area contributed by atoms with Crippen LogP contribution in [0.15, 0.2) is 66.7 Å². The van der Waals surface area contributed by atoms with Gasteiger partial charge in [-0.05, 0) is 57.0 Å². The van der Waals surface area contributed by atoms with E-state index >= 15 is 0 Å². The Morgan fingerprint density at radius 1 is 0.851 bits per heavy atom. The number of ether oxygens (including phenoxy) is 4. The van der Waals surface area contributed by atoms with Crippen molar-refractivity contribution in [1.82, 2.24) is 9.80 Å². The van der Waals surface area contributed by atoms with Crippen LogP contribution in [0.4, 0.5) is 26.7 Å². The van der Waals surface area contributed by atoms with Crippen molar-refractivity contribution in [3.63, 3.8) is 0 Å². The van der Waals surface area contributed by atoms with Crippen LogP contribution in [0.5, 0.6) is 11.5 Å². The number of morpholine rings is 1. The summed E-state index contributed by atoms with van der Waals surface area (Å²) in [4.78, 5) is 43.1. The van der Waals surface area contributed by atoms with Gasteiger partial charge in [0.25, 0.3) is 5.91 Å². The molecule has 3 aromatic rings. The van der Waals surface area contributed by atoms with Crippen LogP contribution < -0.4 is 25.4 Å². The topological polar surface area (TPSA) is 131 Å². The van der Waals surface area contributed by atoms with Crippen molar-refractivity contribution in [1.29, 1.82) is 0 Å². The fourth-order valence-corrected chi connectivity index (χ4v) is 4.94. The predicted octanol–water partition coefficient (Wildman–Crippen LogP) is 6.06. The summed E-state index contributed by atoms with van der Waals surface area (Å²) in [5, 5.41) is 8.53. The number of amides is 4. The molecule has 0 bridgehead atoms. The maximum Gasteiger partial charge on any atom is 0.412 e. The second-order valence-electron chi connectivity index (χ2n) is 12.1. The zero-order chi connectivity index (χ0) is 33.8. The molecule has 3 aromatic carbocycles. The summed E-state index contributed by atoms with van der Waals surface area (Å²) in [5.41, 5.74) is 2.03. The number of rotatable bonds is 12. The molecule has 0 aliphatic carbocycles. The molecular weight excluding hydrogens is 602 g/mol. The Morgan fingerprint density at radius 2 is 1.47 bits per heavy atom. The van der Waals surface area contributed by atoms with Gasteiger partial charge < -0.3 is 34.5 Å². The highest BCUT2D eigenvalue weighted by atomic mass is 16.6. The Bertz CT molecular complexity index is 1480. The zero-order valence-electron chi connectivity index (χ0n) is 27.8. The van der Waals surface area contributed by atoms with Crippen LogP contribution in [0, 0.1) is 0 Å². The molecular formula is C35H45N5O7. The highest BCUT2D eigenvalue weighted by Crippen LogP contribution is 2.26. The van der Waals surface area contributed by atoms with Gasteiger partial charge in [0.05, 0.1) is 38.8 Å². The van der Waals surface area contributed by atoms with Crippen LogP contribution in [0.3, 0.4) is 0 Å². The highest BCUT2D eigenvalue weighted by molar-refractivity contribution is 6.06. The molecule has 252 valence electrons. The van der Waals surface area contributed by atoms with Crippen molar-refractivity contribution in [2.45, 2.75) is 39.3 Å². The van der Waals surface area contributed by atoms with Crippen LogP contribution in [-0.4, -0.2) is 87.0 Å². The number of nitrogens with one attached hydrogen (secondary N) is 3. The van der Waals surface area contributed by atoms with E-state index in [0.29, 0.717) is 60.4 Å². The molecule has 1 fully saturated rings. The Hall–Kier alpha value is -4.81. The molecule has 1 aliphatic heterocycles. The van der Waals surface area contributed by atoms with E-state index in [1.54, 1.807) is 94.5 Å². The number of hydrogen-bond donors (Lipinski definition) is 3. The number of urea groups is 1. The summed E-state index contributed by atoms with van der Waals surface area (Å²) >= 11 is 0. The van der Waals surface area contributed by atoms with E-state index < -0.39 is 11.7 Å². The number of carbonyl (C=O) groups is 3. The number of hydrogen-bond acceptors (Lipinski definition) is 8. The lowest BCUT2D eigenvalue weighted by Crippen LogP contribution is -2.40. The quantitative estimate of drug-likeness (QED) is 0.216. The van der Waals surface area contributed by atoms with E-state index in [1.807, 2.05) is 12.1 Å². The molecule has 0 radical (unpaired) electrons. The van der Waals surface area contributed by atoms with Crippen molar-refractivity contribution in [2.75, 3.05) is 69.6 Å². The Kier molecular flexibility index (Phi) is 12.4. The van der Waals surface area contributed by atoms with Crippen molar-refractivity contribution < 1.29 is 33.3 Å². The van der Waals surface area contributed by atoms with Gasteiger partial charge in [0.1, 0.15) is 17.1 Å². The maximum atomic E-state index is 13.6. The maximum absolute atomic E-state index is 13.6. The van der Waals surface area contributed by atoms with Gasteiger partial charge >= 0.3 is 12.1 Å². The molecule has 0 aromatic heterocycles. The molecule has 0 saturated carbocycles. The third-order valence-corrected chi connectivity index (χ3v) is 7.30. The largest absolute Gasteiger partial charge is 0.497 e. The van der Waals surface area contributed by atoms with Gasteiger partial charge in [-0.15, -0.1) is 0 Å². The number of para-hydroxylation sites is 2. The molecule has 12 nitrogen and oxygen atoms in total. The summed E-state index contributed by atoms with van der Waals surface area (Å²) in [6.07, 6.45) is 0.166. The predicted molar refractivity (Wildman–Crippen MR) is 182 cm³/mol. The van der Waals surface area contributed by atoms with Crippen molar-refractivity contribution in [2.24, 2.45) is 0 Å². The minimum Gasteiger partial charge on any atom is -0.497 e. The average molecular weight is 648 g/mol. The number of nitrogens with zero attached hydrogens (tertiary/aromatic N) is 2. The third-order valence-electron chi connectivity index (χ3n) is 7.30. The van der Waals surface area contributed by atoms with Gasteiger partial charge in [-0.1, -0.05) is 24.3 Å². The van der Waals surface area contributed by atoms with E-state index in [4.69, 9.17) is 18.9 Å². The minimum atomic E-state index is -0.661. The van der Waals surface area contributed by atoms with Crippen LogP contribution in [0.1, 0.15) is 43.1 Å². The van der Waals surface area contributed by atoms with Crippen LogP contribution in [0.2, 0.25) is 0 Å². The van der Waals surface area contributed by atoms with E-state index in [0.717, 1.165) is 31.6 Å². The van der Waals surface area contributed by atoms with Gasteiger partial charge in [0.15, 0.2) is 0 Å². The Morgan fingerprint density at radius 3 is 2.06 bits per heavy atom. The van der Waals surface area contributed by atoms with Crippen molar-refractivity contribution in [3.8, 4) is 11.5 Å². The molecule has 0 spiro atoms. The Balaban J connectivity index is 1.43. The van der Waals surface area contributed by atoms with E-state index in [2.05, 4.69) is 20.9 Å². The first-order chi connectivity index (χ1) is 22.5. The van der Waals surface area contributed by atoms with E-state index in [1.165, 1.54) is 0 Å². The van der Waals surface area contributed by atoms with E-state index in [9.17, 15) is 14.4 Å². The normalized spacial score (nSPS) is 13.3. The van der Waals surface area contributed by atoms with Crippen molar-refractivity contribution >= 4 is 35.1 Å². The molecule has 47 heavy (non-hydrogen) atoms. The van der Waals surface area contributed by atoms with Crippen LogP contribution >= 0.6 is 0 Å². The lowest BCUT2D eigenvalue weighted by Gasteiger charge is -2.28. The average Bonchev–Trinajstić information content (AvgIpc) is 3.04. The minimum absolute atomic E-state index is 0.266. The lowest BCUT2D eigenvalue weighted by molar-refractivity contribution is 0.0365. The fourth-order valence-electron chi connectivity index (χ4n) is 4.94. The van der Waals surface area contributed by atoms with Gasteiger partial charge in [0, 0.05) is 62.2 Å². The highest BCUT2D eigenvalue weighted by Gasteiger charge is 2.19. The van der Waals surface area contributed by atoms with Gasteiger partial charge in [-0.3, -0.25) is 15.0 Å².